The minimum absolute atomic E-state index is 0.0130. The molecule has 0 spiro atoms. The summed E-state index contributed by atoms with van der Waals surface area (Å²) in [4.78, 5) is 24.8. The summed E-state index contributed by atoms with van der Waals surface area (Å²) in [5, 5.41) is 0. The van der Waals surface area contributed by atoms with Crippen LogP contribution >= 0.6 is 0 Å². The molecule has 0 aliphatic carbocycles. The Morgan fingerprint density at radius 2 is 1.52 bits per heavy atom. The molecule has 5 heteroatoms. The Balaban J connectivity index is 2.09. The van der Waals surface area contributed by atoms with E-state index in [-0.39, 0.29) is 22.7 Å². The number of carbonyl (C=O) groups excluding carboxylic acids is 2. The van der Waals surface area contributed by atoms with Gasteiger partial charge in [-0.25, -0.2) is 4.79 Å². The van der Waals surface area contributed by atoms with Crippen molar-refractivity contribution in [2.24, 2.45) is 0 Å². The number of Topliss-reactive ketones (excluding diaryl/α,β-unsaturated/α-hetero) is 1. The zero-order valence-electron chi connectivity index (χ0n) is 12.7. The van der Waals surface area contributed by atoms with Crippen molar-refractivity contribution < 1.29 is 23.8 Å². The molecule has 0 fully saturated rings. The molecule has 0 amide bonds. The second kappa shape index (κ2) is 5.96. The van der Waals surface area contributed by atoms with Gasteiger partial charge in [0, 0.05) is 5.56 Å². The van der Waals surface area contributed by atoms with Gasteiger partial charge in [0.1, 0.15) is 0 Å². The zero-order valence-corrected chi connectivity index (χ0v) is 12.7. The number of ketones is 1. The molecule has 0 atom stereocenters. The van der Waals surface area contributed by atoms with Crippen LogP contribution < -0.4 is 9.47 Å². The predicted octanol–water partition coefficient (Wildman–Crippen LogP) is 3.10. The molecular formula is C18H14O5. The highest BCUT2D eigenvalue weighted by atomic mass is 16.5. The number of rotatable bonds is 3. The molecule has 1 heterocycles. The largest absolute Gasteiger partial charge is 0.493 e. The fourth-order valence-electron chi connectivity index (χ4n) is 2.37. The number of carbonyl (C=O) groups is 2. The first-order chi connectivity index (χ1) is 11.1. The average molecular weight is 310 g/mol. The molecule has 0 aromatic heterocycles. The lowest BCUT2D eigenvalue weighted by Gasteiger charge is -2.19. The first-order valence-corrected chi connectivity index (χ1v) is 6.93. The van der Waals surface area contributed by atoms with Gasteiger partial charge in [-0.15, -0.1) is 0 Å². The number of allylic oxidation sites excluding steroid dienone is 1. The third-order valence-corrected chi connectivity index (χ3v) is 3.51. The summed E-state index contributed by atoms with van der Waals surface area (Å²) in [5.41, 5.74) is 1.17. The van der Waals surface area contributed by atoms with E-state index in [1.54, 1.807) is 6.08 Å². The molecule has 0 unspecified atom stereocenters. The maximum Gasteiger partial charge on any atom is 0.344 e. The number of cyclic esters (lactones) is 1. The first-order valence-electron chi connectivity index (χ1n) is 6.93. The molecular weight excluding hydrogens is 296 g/mol. The molecule has 0 N–H and O–H groups in total. The summed E-state index contributed by atoms with van der Waals surface area (Å²) in [6.45, 7) is 0. The van der Waals surface area contributed by atoms with Gasteiger partial charge in [-0.05, 0) is 23.8 Å². The van der Waals surface area contributed by atoms with Gasteiger partial charge < -0.3 is 14.2 Å². The van der Waals surface area contributed by atoms with E-state index in [4.69, 9.17) is 14.2 Å². The quantitative estimate of drug-likeness (QED) is 0.644. The van der Waals surface area contributed by atoms with Crippen molar-refractivity contribution in [3.8, 4) is 11.5 Å². The molecule has 0 bridgehead atoms. The van der Waals surface area contributed by atoms with Crippen LogP contribution in [-0.2, 0) is 4.74 Å². The Morgan fingerprint density at radius 3 is 2.13 bits per heavy atom. The maximum absolute atomic E-state index is 12.6. The molecule has 0 radical (unpaired) electrons. The number of hydrogen-bond donors (Lipinski definition) is 0. The van der Waals surface area contributed by atoms with Crippen molar-refractivity contribution >= 4 is 17.8 Å². The van der Waals surface area contributed by atoms with Crippen LogP contribution in [0.3, 0.4) is 0 Å². The van der Waals surface area contributed by atoms with Gasteiger partial charge in [0.2, 0.25) is 5.78 Å². The van der Waals surface area contributed by atoms with E-state index >= 15 is 0 Å². The molecule has 0 saturated carbocycles. The van der Waals surface area contributed by atoms with Gasteiger partial charge in [0.25, 0.3) is 0 Å². The van der Waals surface area contributed by atoms with Crippen molar-refractivity contribution in [1.82, 2.24) is 0 Å². The van der Waals surface area contributed by atoms with Gasteiger partial charge in [-0.2, -0.15) is 0 Å². The number of ether oxygens (including phenoxy) is 3. The van der Waals surface area contributed by atoms with Gasteiger partial charge in [-0.1, -0.05) is 30.3 Å². The minimum atomic E-state index is -0.595. The summed E-state index contributed by atoms with van der Waals surface area (Å²) in [6.07, 6.45) is 1.54. The average Bonchev–Trinajstić information content (AvgIpc) is 2.59. The fourth-order valence-corrected chi connectivity index (χ4v) is 2.37. The van der Waals surface area contributed by atoms with E-state index in [0.717, 1.165) is 5.56 Å². The Bertz CT molecular complexity index is 806. The normalized spacial score (nSPS) is 15.1. The van der Waals surface area contributed by atoms with Gasteiger partial charge >= 0.3 is 5.97 Å². The summed E-state index contributed by atoms with van der Waals surface area (Å²) >= 11 is 0. The van der Waals surface area contributed by atoms with Crippen molar-refractivity contribution in [3.05, 3.63) is 64.9 Å². The topological polar surface area (TPSA) is 61.8 Å². The monoisotopic (exact) mass is 310 g/mol. The number of hydrogen-bond acceptors (Lipinski definition) is 5. The highest BCUT2D eigenvalue weighted by Crippen LogP contribution is 2.34. The predicted molar refractivity (Wildman–Crippen MR) is 83.7 cm³/mol. The van der Waals surface area contributed by atoms with Crippen LogP contribution in [0.2, 0.25) is 0 Å². The summed E-state index contributed by atoms with van der Waals surface area (Å²) in [7, 11) is 2.93. The molecule has 2 aromatic carbocycles. The van der Waals surface area contributed by atoms with Crippen LogP contribution in [0.5, 0.6) is 11.5 Å². The summed E-state index contributed by atoms with van der Waals surface area (Å²) in [6, 6.07) is 12.1. The molecule has 0 saturated heterocycles. The second-order valence-electron chi connectivity index (χ2n) is 4.89. The molecule has 3 rings (SSSR count). The molecule has 1 aliphatic heterocycles. The lowest BCUT2D eigenvalue weighted by atomic mass is 9.98. The number of benzene rings is 2. The Kier molecular flexibility index (Phi) is 3.85. The van der Waals surface area contributed by atoms with Crippen molar-refractivity contribution in [2.75, 3.05) is 14.2 Å². The van der Waals surface area contributed by atoms with Crippen LogP contribution in [0.25, 0.3) is 6.08 Å². The Labute approximate surface area is 133 Å². The minimum Gasteiger partial charge on any atom is -0.493 e. The van der Waals surface area contributed by atoms with E-state index in [9.17, 15) is 9.59 Å². The van der Waals surface area contributed by atoms with E-state index < -0.39 is 5.97 Å². The fraction of sp³-hybridized carbons (Fsp3) is 0.111. The zero-order chi connectivity index (χ0) is 16.4. The number of esters is 1. The number of methoxy groups -OCH3 is 2. The highest BCUT2D eigenvalue weighted by molar-refractivity contribution is 6.20. The Morgan fingerprint density at radius 1 is 0.913 bits per heavy atom. The summed E-state index contributed by atoms with van der Waals surface area (Å²) < 4.78 is 15.5. The summed E-state index contributed by atoms with van der Waals surface area (Å²) in [5.74, 6) is -0.229. The van der Waals surface area contributed by atoms with Crippen LogP contribution in [0.1, 0.15) is 26.3 Å². The Hall–Kier alpha value is -3.08. The van der Waals surface area contributed by atoms with Crippen LogP contribution in [-0.4, -0.2) is 26.0 Å². The van der Waals surface area contributed by atoms with Crippen LogP contribution in [0, 0.1) is 0 Å². The molecule has 1 aliphatic rings. The third-order valence-electron chi connectivity index (χ3n) is 3.51. The smallest absolute Gasteiger partial charge is 0.344 e. The van der Waals surface area contributed by atoms with Crippen molar-refractivity contribution in [1.29, 1.82) is 0 Å². The maximum atomic E-state index is 12.6. The van der Waals surface area contributed by atoms with Crippen molar-refractivity contribution in [3.63, 3.8) is 0 Å². The molecule has 2 aromatic rings. The van der Waals surface area contributed by atoms with Gasteiger partial charge in [0.15, 0.2) is 17.3 Å². The van der Waals surface area contributed by atoms with E-state index in [1.807, 2.05) is 30.3 Å². The lowest BCUT2D eigenvalue weighted by Crippen LogP contribution is -2.22. The molecule has 5 nitrogen and oxygen atoms in total. The van der Waals surface area contributed by atoms with E-state index in [0.29, 0.717) is 11.5 Å². The first kappa shape index (κ1) is 14.8. The van der Waals surface area contributed by atoms with E-state index in [1.165, 1.54) is 26.4 Å². The van der Waals surface area contributed by atoms with Crippen LogP contribution in [0.4, 0.5) is 0 Å². The third kappa shape index (κ3) is 2.68. The van der Waals surface area contributed by atoms with Gasteiger partial charge in [-0.3, -0.25) is 4.79 Å². The second-order valence-corrected chi connectivity index (χ2v) is 4.89. The van der Waals surface area contributed by atoms with Crippen molar-refractivity contribution in [2.45, 2.75) is 0 Å². The molecule has 23 heavy (non-hydrogen) atoms. The van der Waals surface area contributed by atoms with Crippen LogP contribution in [0.15, 0.2) is 48.2 Å². The molecule has 116 valence electrons. The highest BCUT2D eigenvalue weighted by Gasteiger charge is 2.31. The van der Waals surface area contributed by atoms with Gasteiger partial charge in [0.05, 0.1) is 19.8 Å². The van der Waals surface area contributed by atoms with E-state index in [2.05, 4.69) is 0 Å². The number of fused-ring (bicyclic) bond motifs is 1. The standard InChI is InChI=1S/C18H14O5/c1-21-14-9-12-13(10-15(14)22-2)18(20)23-16(17(12)19)8-11-6-4-3-5-7-11/h3-10H,1-2H3/b16-8-. The lowest BCUT2D eigenvalue weighted by molar-refractivity contribution is 0.0566. The SMILES string of the molecule is COc1cc2c(cc1OC)C(=O)/C(=C/c1ccccc1)OC2=O.